The van der Waals surface area contributed by atoms with Crippen molar-refractivity contribution in [2.24, 2.45) is 0 Å². The highest BCUT2D eigenvalue weighted by atomic mass is 32.2. The number of rotatable bonds is 5. The molecule has 0 fully saturated rings. The summed E-state index contributed by atoms with van der Waals surface area (Å²) in [5, 5.41) is 2.72. The molecule has 0 saturated heterocycles. The molecule has 0 atom stereocenters. The van der Waals surface area contributed by atoms with E-state index in [9.17, 15) is 8.42 Å². The second-order valence-corrected chi connectivity index (χ2v) is 5.44. The Kier molecular flexibility index (Phi) is 4.03. The maximum absolute atomic E-state index is 12.0. The molecule has 2 rings (SSSR count). The molecular formula is C11H13N5O2S. The van der Waals surface area contributed by atoms with E-state index in [1.807, 2.05) is 0 Å². The Morgan fingerprint density at radius 3 is 2.37 bits per heavy atom. The van der Waals surface area contributed by atoms with Crippen LogP contribution in [0.25, 0.3) is 0 Å². The predicted molar refractivity (Wildman–Crippen MR) is 69.8 cm³/mol. The summed E-state index contributed by atoms with van der Waals surface area (Å²) in [6.45, 7) is 0.193. The van der Waals surface area contributed by atoms with Gasteiger partial charge in [0, 0.05) is 26.0 Å². The number of anilines is 1. The summed E-state index contributed by atoms with van der Waals surface area (Å²) >= 11 is 0. The van der Waals surface area contributed by atoms with Crippen LogP contribution < -0.4 is 10.0 Å². The number of pyridine rings is 1. The van der Waals surface area contributed by atoms with Crippen molar-refractivity contribution in [3.05, 3.63) is 42.5 Å². The normalized spacial score (nSPS) is 11.2. The fourth-order valence-electron chi connectivity index (χ4n) is 1.35. The molecule has 7 nitrogen and oxygen atoms in total. The number of hydrogen-bond acceptors (Lipinski definition) is 6. The average molecular weight is 279 g/mol. The summed E-state index contributed by atoms with van der Waals surface area (Å²) in [7, 11) is -1.95. The summed E-state index contributed by atoms with van der Waals surface area (Å²) in [6, 6.07) is 3.48. The third-order valence-corrected chi connectivity index (χ3v) is 3.73. The Morgan fingerprint density at radius 1 is 1.16 bits per heavy atom. The maximum Gasteiger partial charge on any atom is 0.243 e. The molecule has 2 aromatic rings. The summed E-state index contributed by atoms with van der Waals surface area (Å²) in [6.07, 6.45) is 5.73. The van der Waals surface area contributed by atoms with Gasteiger partial charge < -0.3 is 5.32 Å². The molecule has 0 saturated carbocycles. The summed E-state index contributed by atoms with van der Waals surface area (Å²) < 4.78 is 26.4. The van der Waals surface area contributed by atoms with Crippen molar-refractivity contribution in [2.75, 3.05) is 12.4 Å². The minimum atomic E-state index is -3.61. The molecule has 2 heterocycles. The van der Waals surface area contributed by atoms with Crippen molar-refractivity contribution in [1.29, 1.82) is 0 Å². The second kappa shape index (κ2) is 5.72. The van der Waals surface area contributed by atoms with Crippen LogP contribution in [0.1, 0.15) is 5.56 Å². The lowest BCUT2D eigenvalue weighted by molar-refractivity contribution is 0.580. The van der Waals surface area contributed by atoms with Gasteiger partial charge in [0.1, 0.15) is 4.90 Å². The lowest BCUT2D eigenvalue weighted by Gasteiger charge is -2.06. The molecule has 100 valence electrons. The number of nitrogens with one attached hydrogen (secondary N) is 2. The molecule has 2 N–H and O–H groups in total. The maximum atomic E-state index is 12.0. The Balaban J connectivity index is 2.09. The minimum absolute atomic E-state index is 0.0283. The van der Waals surface area contributed by atoms with E-state index in [4.69, 9.17) is 0 Å². The molecule has 2 aromatic heterocycles. The lowest BCUT2D eigenvalue weighted by Crippen LogP contribution is -2.23. The third kappa shape index (κ3) is 3.46. The number of aromatic nitrogens is 3. The largest absolute Gasteiger partial charge is 0.357 e. The van der Waals surface area contributed by atoms with Crippen molar-refractivity contribution in [1.82, 2.24) is 19.7 Å². The average Bonchev–Trinajstić information content (AvgIpc) is 2.46. The standard InChI is InChI=1S/C11H13N5O2S/c1-12-11-14-7-10(8-15-11)19(17,18)16-6-9-2-4-13-5-3-9/h2-5,7-8,16H,6H2,1H3,(H,12,14,15). The van der Waals surface area contributed by atoms with E-state index in [-0.39, 0.29) is 11.4 Å². The first-order chi connectivity index (χ1) is 9.12. The molecule has 0 aromatic carbocycles. The van der Waals surface area contributed by atoms with Gasteiger partial charge in [-0.1, -0.05) is 0 Å². The molecule has 0 radical (unpaired) electrons. The van der Waals surface area contributed by atoms with Gasteiger partial charge in [0.2, 0.25) is 16.0 Å². The minimum Gasteiger partial charge on any atom is -0.357 e. The lowest BCUT2D eigenvalue weighted by atomic mass is 10.3. The van der Waals surface area contributed by atoms with Gasteiger partial charge in [-0.05, 0) is 17.7 Å². The van der Waals surface area contributed by atoms with Crippen LogP contribution in [0.15, 0.2) is 41.8 Å². The number of sulfonamides is 1. The van der Waals surface area contributed by atoms with E-state index in [1.54, 1.807) is 31.6 Å². The van der Waals surface area contributed by atoms with Crippen LogP contribution in [-0.2, 0) is 16.6 Å². The molecule has 0 unspecified atom stereocenters. The van der Waals surface area contributed by atoms with Gasteiger partial charge in [-0.2, -0.15) is 0 Å². The predicted octanol–water partition coefficient (Wildman–Crippen LogP) is 0.392. The van der Waals surface area contributed by atoms with Gasteiger partial charge in [-0.25, -0.2) is 23.1 Å². The Hall–Kier alpha value is -2.06. The quantitative estimate of drug-likeness (QED) is 0.822. The monoisotopic (exact) mass is 279 g/mol. The van der Waals surface area contributed by atoms with Gasteiger partial charge in [0.05, 0.1) is 12.4 Å². The molecule has 0 aliphatic rings. The molecule has 0 aliphatic carbocycles. The smallest absolute Gasteiger partial charge is 0.243 e. The van der Waals surface area contributed by atoms with Gasteiger partial charge in [-0.3, -0.25) is 4.98 Å². The van der Waals surface area contributed by atoms with Crippen LogP contribution in [0.2, 0.25) is 0 Å². The van der Waals surface area contributed by atoms with E-state index in [2.05, 4.69) is 25.0 Å². The molecule has 0 bridgehead atoms. The van der Waals surface area contributed by atoms with Crippen LogP contribution >= 0.6 is 0 Å². The van der Waals surface area contributed by atoms with Crippen LogP contribution in [0.3, 0.4) is 0 Å². The Bertz CT molecular complexity index is 628. The topological polar surface area (TPSA) is 96.9 Å². The highest BCUT2D eigenvalue weighted by Gasteiger charge is 2.14. The van der Waals surface area contributed by atoms with Gasteiger partial charge in [-0.15, -0.1) is 0 Å². The van der Waals surface area contributed by atoms with Crippen LogP contribution in [0.4, 0.5) is 5.95 Å². The third-order valence-electron chi connectivity index (χ3n) is 2.38. The molecule has 19 heavy (non-hydrogen) atoms. The fraction of sp³-hybridized carbons (Fsp3) is 0.182. The Labute approximate surface area is 111 Å². The first-order valence-corrected chi connectivity index (χ1v) is 6.98. The zero-order valence-corrected chi connectivity index (χ0v) is 11.1. The highest BCUT2D eigenvalue weighted by Crippen LogP contribution is 2.08. The second-order valence-electron chi connectivity index (χ2n) is 3.67. The molecule has 0 spiro atoms. The van der Waals surface area contributed by atoms with E-state index < -0.39 is 10.0 Å². The van der Waals surface area contributed by atoms with Crippen molar-refractivity contribution in [3.63, 3.8) is 0 Å². The van der Waals surface area contributed by atoms with E-state index in [0.29, 0.717) is 5.95 Å². The van der Waals surface area contributed by atoms with Crippen molar-refractivity contribution in [2.45, 2.75) is 11.4 Å². The first-order valence-electron chi connectivity index (χ1n) is 5.50. The van der Waals surface area contributed by atoms with Crippen molar-refractivity contribution < 1.29 is 8.42 Å². The highest BCUT2D eigenvalue weighted by molar-refractivity contribution is 7.89. The van der Waals surface area contributed by atoms with Crippen LogP contribution in [0, 0.1) is 0 Å². The van der Waals surface area contributed by atoms with E-state index >= 15 is 0 Å². The molecule has 0 aliphatic heterocycles. The summed E-state index contributed by atoms with van der Waals surface area (Å²) in [5.74, 6) is 0.369. The van der Waals surface area contributed by atoms with Gasteiger partial charge >= 0.3 is 0 Å². The first kappa shape index (κ1) is 13.4. The zero-order chi connectivity index (χ0) is 13.7. The fourth-order valence-corrected chi connectivity index (χ4v) is 2.25. The molecule has 8 heteroatoms. The number of nitrogens with zero attached hydrogens (tertiary/aromatic N) is 3. The van der Waals surface area contributed by atoms with Crippen LogP contribution in [-0.4, -0.2) is 30.4 Å². The summed E-state index contributed by atoms with van der Waals surface area (Å²) in [5.41, 5.74) is 0.825. The van der Waals surface area contributed by atoms with E-state index in [1.165, 1.54) is 12.4 Å². The number of hydrogen-bond donors (Lipinski definition) is 2. The Morgan fingerprint density at radius 2 is 1.79 bits per heavy atom. The van der Waals surface area contributed by atoms with Crippen molar-refractivity contribution >= 4 is 16.0 Å². The zero-order valence-electron chi connectivity index (χ0n) is 10.2. The summed E-state index contributed by atoms with van der Waals surface area (Å²) in [4.78, 5) is 11.6. The molecule has 0 amide bonds. The van der Waals surface area contributed by atoms with Crippen molar-refractivity contribution in [3.8, 4) is 0 Å². The van der Waals surface area contributed by atoms with Gasteiger partial charge in [0.15, 0.2) is 0 Å². The van der Waals surface area contributed by atoms with Gasteiger partial charge in [0.25, 0.3) is 0 Å². The SMILES string of the molecule is CNc1ncc(S(=O)(=O)NCc2ccncc2)cn1. The molecular weight excluding hydrogens is 266 g/mol. The van der Waals surface area contributed by atoms with E-state index in [0.717, 1.165) is 5.56 Å². The van der Waals surface area contributed by atoms with Crippen LogP contribution in [0.5, 0.6) is 0 Å².